The summed E-state index contributed by atoms with van der Waals surface area (Å²) in [6.45, 7) is 11.1. The normalized spacial score (nSPS) is 25.8. The Morgan fingerprint density at radius 3 is 2.52 bits per heavy atom. The van der Waals surface area contributed by atoms with Gasteiger partial charge in [0, 0.05) is 18.6 Å². The van der Waals surface area contributed by atoms with Crippen molar-refractivity contribution in [1.29, 1.82) is 0 Å². The predicted molar refractivity (Wildman–Crippen MR) is 155 cm³/mol. The van der Waals surface area contributed by atoms with Crippen LogP contribution in [0.25, 0.3) is 0 Å². The van der Waals surface area contributed by atoms with Crippen LogP contribution in [0.5, 0.6) is 0 Å². The van der Waals surface area contributed by atoms with Gasteiger partial charge in [-0.15, -0.1) is 0 Å². The number of halogens is 1. The van der Waals surface area contributed by atoms with E-state index in [1.54, 1.807) is 37.8 Å². The van der Waals surface area contributed by atoms with E-state index in [9.17, 15) is 24.0 Å². The number of carbonyl (C=O) groups is 5. The molecule has 2 bridgehead atoms. The van der Waals surface area contributed by atoms with Crippen LogP contribution in [0.15, 0.2) is 18.2 Å². The van der Waals surface area contributed by atoms with E-state index in [-0.39, 0.29) is 52.6 Å². The molecule has 12 heteroatoms. The molecule has 3 aliphatic rings. The number of ether oxygens (including phenoxy) is 2. The molecule has 3 N–H and O–H groups in total. The van der Waals surface area contributed by atoms with Crippen LogP contribution in [0, 0.1) is 17.3 Å². The Kier molecular flexibility index (Phi) is 9.52. The van der Waals surface area contributed by atoms with Crippen LogP contribution >= 0.6 is 11.6 Å². The topological polar surface area (TPSA) is 143 Å². The summed E-state index contributed by atoms with van der Waals surface area (Å²) in [5.74, 6) is -2.31. The SMILES string of the molecule is CCO[C@@H]1OC(=O)CC1NC(=O)[C@@H]1[C@H]2CCC(C2)N1C(=O)[C@@H](NC(=O)c1cccc(NC(=O)C(C)C)c1Cl)C(C)(C)C. The summed E-state index contributed by atoms with van der Waals surface area (Å²) < 4.78 is 10.7. The minimum absolute atomic E-state index is 0.0106. The molecular weight excluding hydrogens is 564 g/mol. The van der Waals surface area contributed by atoms with Crippen LogP contribution in [-0.2, 0) is 28.7 Å². The van der Waals surface area contributed by atoms with Crippen molar-refractivity contribution in [3.63, 3.8) is 0 Å². The van der Waals surface area contributed by atoms with Crippen LogP contribution in [0.2, 0.25) is 5.02 Å². The Morgan fingerprint density at radius 2 is 1.88 bits per heavy atom. The quantitative estimate of drug-likeness (QED) is 0.367. The molecule has 1 saturated carbocycles. The van der Waals surface area contributed by atoms with Gasteiger partial charge in [0.1, 0.15) is 18.1 Å². The first-order chi connectivity index (χ1) is 19.7. The second-order valence-electron chi connectivity index (χ2n) is 12.6. The first kappa shape index (κ1) is 31.7. The van der Waals surface area contributed by atoms with Crippen molar-refractivity contribution in [1.82, 2.24) is 15.5 Å². The number of anilines is 1. The minimum atomic E-state index is -0.975. The number of cyclic esters (lactones) is 1. The van der Waals surface area contributed by atoms with E-state index < -0.39 is 41.7 Å². The molecule has 230 valence electrons. The van der Waals surface area contributed by atoms with Crippen LogP contribution in [0.3, 0.4) is 0 Å². The number of nitrogens with one attached hydrogen (secondary N) is 3. The number of likely N-dealkylation sites (tertiary alicyclic amines) is 1. The number of carbonyl (C=O) groups excluding carboxylic acids is 5. The lowest BCUT2D eigenvalue weighted by Gasteiger charge is -2.40. The van der Waals surface area contributed by atoms with Gasteiger partial charge in [-0.2, -0.15) is 0 Å². The third-order valence-corrected chi connectivity index (χ3v) is 8.55. The number of nitrogens with zero attached hydrogens (tertiary/aromatic N) is 1. The van der Waals surface area contributed by atoms with Crippen LogP contribution in [0.4, 0.5) is 5.69 Å². The first-order valence-corrected chi connectivity index (χ1v) is 14.9. The third-order valence-electron chi connectivity index (χ3n) is 8.14. The molecule has 2 unspecified atom stereocenters. The standard InChI is InChI=1S/C30H41ClN4O7/c1-7-41-29-20(14-21(36)42-29)33-27(39)23-16-11-12-17(13-16)35(23)28(40)24(30(4,5)6)34-26(38)18-9-8-10-19(22(18)31)32-25(37)15(2)3/h8-10,15-17,20,23-24,29H,7,11-14H2,1-6H3,(H,32,37)(H,33,39)(H,34,38)/t16-,17?,20?,23-,24+,29+/m0/s1. The summed E-state index contributed by atoms with van der Waals surface area (Å²) in [6, 6.07) is 2.24. The second kappa shape index (κ2) is 12.6. The number of rotatable bonds is 9. The fraction of sp³-hybridized carbons (Fsp3) is 0.633. The van der Waals surface area contributed by atoms with Gasteiger partial charge in [-0.1, -0.05) is 52.3 Å². The molecule has 3 fully saturated rings. The second-order valence-corrected chi connectivity index (χ2v) is 13.0. The number of hydrogen-bond acceptors (Lipinski definition) is 7. The zero-order valence-corrected chi connectivity index (χ0v) is 25.7. The van der Waals surface area contributed by atoms with Gasteiger partial charge in [0.25, 0.3) is 5.91 Å². The van der Waals surface area contributed by atoms with E-state index in [0.29, 0.717) is 18.7 Å². The van der Waals surface area contributed by atoms with E-state index in [0.717, 1.165) is 12.8 Å². The van der Waals surface area contributed by atoms with E-state index >= 15 is 0 Å². The highest BCUT2D eigenvalue weighted by Crippen LogP contribution is 2.44. The van der Waals surface area contributed by atoms with Crippen molar-refractivity contribution in [2.75, 3.05) is 11.9 Å². The van der Waals surface area contributed by atoms with Crippen LogP contribution in [-0.4, -0.2) is 71.6 Å². The molecule has 0 aromatic heterocycles. The number of hydrogen-bond donors (Lipinski definition) is 3. The summed E-state index contributed by atoms with van der Waals surface area (Å²) in [5, 5.41) is 8.56. The molecule has 1 aliphatic carbocycles. The Morgan fingerprint density at radius 1 is 1.17 bits per heavy atom. The molecule has 0 radical (unpaired) electrons. The van der Waals surface area contributed by atoms with Crippen molar-refractivity contribution in [3.8, 4) is 0 Å². The molecule has 4 rings (SSSR count). The molecule has 11 nitrogen and oxygen atoms in total. The number of piperidine rings is 1. The highest BCUT2D eigenvalue weighted by atomic mass is 35.5. The lowest BCUT2D eigenvalue weighted by Crippen LogP contribution is -2.62. The highest BCUT2D eigenvalue weighted by Gasteiger charge is 2.54. The molecule has 0 spiro atoms. The monoisotopic (exact) mass is 604 g/mol. The van der Waals surface area contributed by atoms with Crippen molar-refractivity contribution < 1.29 is 33.4 Å². The molecule has 2 aliphatic heterocycles. The third kappa shape index (κ3) is 6.57. The number of benzene rings is 1. The Bertz CT molecular complexity index is 1250. The van der Waals surface area contributed by atoms with Crippen molar-refractivity contribution in [3.05, 3.63) is 28.8 Å². The predicted octanol–water partition coefficient (Wildman–Crippen LogP) is 3.25. The molecular formula is C30H41ClN4O7. The van der Waals surface area contributed by atoms with Crippen molar-refractivity contribution >= 4 is 46.9 Å². The van der Waals surface area contributed by atoms with Crippen molar-refractivity contribution in [2.24, 2.45) is 17.3 Å². The Balaban J connectivity index is 1.55. The van der Waals surface area contributed by atoms with Crippen LogP contribution < -0.4 is 16.0 Å². The number of fused-ring (bicyclic) bond motifs is 2. The number of esters is 1. The first-order valence-electron chi connectivity index (χ1n) is 14.6. The molecule has 42 heavy (non-hydrogen) atoms. The minimum Gasteiger partial charge on any atom is -0.433 e. The van der Waals surface area contributed by atoms with Gasteiger partial charge in [0.05, 0.1) is 22.7 Å². The van der Waals surface area contributed by atoms with Gasteiger partial charge in [-0.3, -0.25) is 24.0 Å². The van der Waals surface area contributed by atoms with Crippen LogP contribution in [0.1, 0.15) is 77.6 Å². The van der Waals surface area contributed by atoms with Gasteiger partial charge in [-0.25, -0.2) is 0 Å². The zero-order chi connectivity index (χ0) is 30.9. The lowest BCUT2D eigenvalue weighted by molar-refractivity contribution is -0.165. The molecule has 1 aromatic carbocycles. The smallest absolute Gasteiger partial charge is 0.310 e. The summed E-state index contributed by atoms with van der Waals surface area (Å²) in [4.78, 5) is 67.1. The van der Waals surface area contributed by atoms with Gasteiger partial charge in [0.2, 0.25) is 24.0 Å². The maximum absolute atomic E-state index is 14.2. The highest BCUT2D eigenvalue weighted by molar-refractivity contribution is 6.37. The molecule has 2 saturated heterocycles. The fourth-order valence-electron chi connectivity index (χ4n) is 5.97. The van der Waals surface area contributed by atoms with E-state index in [2.05, 4.69) is 16.0 Å². The van der Waals surface area contributed by atoms with E-state index in [1.807, 2.05) is 20.8 Å². The average molecular weight is 605 g/mol. The lowest BCUT2D eigenvalue weighted by atomic mass is 9.84. The Hall–Kier alpha value is -3.18. The van der Waals surface area contributed by atoms with Gasteiger partial charge in [0.15, 0.2) is 0 Å². The van der Waals surface area contributed by atoms with Gasteiger partial charge in [-0.05, 0) is 49.7 Å². The Labute approximate surface area is 251 Å². The zero-order valence-electron chi connectivity index (χ0n) is 25.0. The molecule has 4 amide bonds. The van der Waals surface area contributed by atoms with Gasteiger partial charge < -0.3 is 30.3 Å². The van der Waals surface area contributed by atoms with Gasteiger partial charge >= 0.3 is 5.97 Å². The summed E-state index contributed by atoms with van der Waals surface area (Å²) >= 11 is 6.53. The molecule has 2 heterocycles. The van der Waals surface area contributed by atoms with E-state index in [1.165, 1.54) is 6.07 Å². The summed E-state index contributed by atoms with van der Waals surface area (Å²) in [6.07, 6.45) is 1.37. The molecule has 1 aromatic rings. The van der Waals surface area contributed by atoms with E-state index in [4.69, 9.17) is 21.1 Å². The van der Waals surface area contributed by atoms with Crippen molar-refractivity contribution in [2.45, 2.75) is 97.7 Å². The molecule has 6 atom stereocenters. The number of amides is 4. The summed E-state index contributed by atoms with van der Waals surface area (Å²) in [7, 11) is 0. The summed E-state index contributed by atoms with van der Waals surface area (Å²) in [5.41, 5.74) is -0.294. The maximum Gasteiger partial charge on any atom is 0.310 e. The fourth-order valence-corrected chi connectivity index (χ4v) is 6.23. The largest absolute Gasteiger partial charge is 0.433 e. The maximum atomic E-state index is 14.2. The average Bonchev–Trinajstić information content (AvgIpc) is 3.62.